The number of hydrogen-bond donors (Lipinski definition) is 2. The molecule has 1 aliphatic carbocycles. The smallest absolute Gasteiger partial charge is 0.247 e. The highest BCUT2D eigenvalue weighted by molar-refractivity contribution is 7.10. The van der Waals surface area contributed by atoms with Crippen molar-refractivity contribution in [2.75, 3.05) is 11.9 Å². The fraction of sp³-hybridized carbons (Fsp3) is 0.524. The lowest BCUT2D eigenvalue weighted by molar-refractivity contribution is -0.139. The second-order valence-electron chi connectivity index (χ2n) is 7.92. The zero-order valence-electron chi connectivity index (χ0n) is 16.4. The molecule has 0 spiro atoms. The number of carbonyl (C=O) groups is 2. The predicted molar refractivity (Wildman–Crippen MR) is 113 cm³/mol. The van der Waals surface area contributed by atoms with Crippen molar-refractivity contribution in [3.05, 3.63) is 30.3 Å². The second-order valence-corrected chi connectivity index (χ2v) is 8.67. The molecular formula is C21H27N5O2S. The molecule has 2 amide bonds. The fourth-order valence-electron chi connectivity index (χ4n) is 4.44. The third-order valence-corrected chi connectivity index (χ3v) is 6.69. The quantitative estimate of drug-likeness (QED) is 0.784. The highest BCUT2D eigenvalue weighted by Crippen LogP contribution is 2.31. The maximum atomic E-state index is 13.0. The van der Waals surface area contributed by atoms with Gasteiger partial charge in [-0.15, -0.1) is 5.10 Å². The van der Waals surface area contributed by atoms with Crippen LogP contribution in [-0.2, 0) is 9.59 Å². The van der Waals surface area contributed by atoms with E-state index in [0.717, 1.165) is 49.2 Å². The van der Waals surface area contributed by atoms with Crippen LogP contribution in [0.3, 0.4) is 0 Å². The summed E-state index contributed by atoms with van der Waals surface area (Å²) in [7, 11) is 0. The van der Waals surface area contributed by atoms with Crippen LogP contribution in [0.25, 0.3) is 11.3 Å². The first-order valence-corrected chi connectivity index (χ1v) is 11.2. The zero-order chi connectivity index (χ0) is 20.2. The molecule has 0 radical (unpaired) electrons. The molecule has 0 unspecified atom stereocenters. The van der Waals surface area contributed by atoms with Gasteiger partial charge in [-0.1, -0.05) is 54.1 Å². The van der Waals surface area contributed by atoms with E-state index >= 15 is 0 Å². The molecule has 1 aromatic heterocycles. The van der Waals surface area contributed by atoms with E-state index in [1.165, 1.54) is 6.42 Å². The molecule has 2 fully saturated rings. The van der Waals surface area contributed by atoms with Crippen LogP contribution in [0.1, 0.15) is 44.9 Å². The van der Waals surface area contributed by atoms with Gasteiger partial charge < -0.3 is 16.0 Å². The summed E-state index contributed by atoms with van der Waals surface area (Å²) in [5, 5.41) is 7.73. The fourth-order valence-corrected chi connectivity index (χ4v) is 5.04. The Morgan fingerprint density at radius 2 is 1.86 bits per heavy atom. The summed E-state index contributed by atoms with van der Waals surface area (Å²) in [6.45, 7) is 0.587. The van der Waals surface area contributed by atoms with Gasteiger partial charge in [-0.3, -0.25) is 9.59 Å². The van der Waals surface area contributed by atoms with Crippen LogP contribution < -0.4 is 11.1 Å². The van der Waals surface area contributed by atoms with Gasteiger partial charge in [0.1, 0.15) is 16.7 Å². The lowest BCUT2D eigenvalue weighted by Gasteiger charge is -2.32. The molecule has 7 nitrogen and oxygen atoms in total. The minimum atomic E-state index is -0.506. The second kappa shape index (κ2) is 9.00. The van der Waals surface area contributed by atoms with Gasteiger partial charge in [0.05, 0.1) is 6.04 Å². The maximum absolute atomic E-state index is 13.0. The Morgan fingerprint density at radius 3 is 2.62 bits per heavy atom. The van der Waals surface area contributed by atoms with E-state index in [-0.39, 0.29) is 17.7 Å². The van der Waals surface area contributed by atoms with Gasteiger partial charge in [-0.25, -0.2) is 0 Å². The number of carbonyl (C=O) groups excluding carboxylic acids is 2. The Balaban J connectivity index is 1.45. The zero-order valence-corrected chi connectivity index (χ0v) is 17.2. The largest absolute Gasteiger partial charge is 0.329 e. The molecule has 3 N–H and O–H groups in total. The highest BCUT2D eigenvalue weighted by Gasteiger charge is 2.38. The molecule has 0 bridgehead atoms. The lowest BCUT2D eigenvalue weighted by atomic mass is 9.83. The molecule has 8 heteroatoms. The highest BCUT2D eigenvalue weighted by atomic mass is 32.1. The molecule has 2 aliphatic rings. The number of aromatic nitrogens is 2. The maximum Gasteiger partial charge on any atom is 0.247 e. The summed E-state index contributed by atoms with van der Waals surface area (Å²) in [5.74, 6) is -0.0360. The molecule has 1 aromatic carbocycles. The Morgan fingerprint density at radius 1 is 1.10 bits per heavy atom. The molecule has 29 heavy (non-hydrogen) atoms. The van der Waals surface area contributed by atoms with Crippen LogP contribution in [0, 0.1) is 5.92 Å². The number of nitrogens with one attached hydrogen (secondary N) is 1. The van der Waals surface area contributed by atoms with Gasteiger partial charge in [0.15, 0.2) is 0 Å². The predicted octanol–water partition coefficient (Wildman–Crippen LogP) is 3.04. The summed E-state index contributed by atoms with van der Waals surface area (Å²) in [6.07, 6.45) is 6.97. The first-order valence-electron chi connectivity index (χ1n) is 10.4. The molecular weight excluding hydrogens is 386 g/mol. The van der Waals surface area contributed by atoms with E-state index in [0.29, 0.717) is 23.7 Å². The molecule has 154 valence electrons. The summed E-state index contributed by atoms with van der Waals surface area (Å²) in [5.41, 5.74) is 7.88. The third kappa shape index (κ3) is 4.33. The number of anilines is 1. The van der Waals surface area contributed by atoms with Gasteiger partial charge in [0, 0.05) is 23.6 Å². The van der Waals surface area contributed by atoms with Crippen molar-refractivity contribution in [1.82, 2.24) is 14.5 Å². The molecule has 1 aliphatic heterocycles. The van der Waals surface area contributed by atoms with E-state index < -0.39 is 12.1 Å². The summed E-state index contributed by atoms with van der Waals surface area (Å²) < 4.78 is 4.00. The average molecular weight is 414 g/mol. The molecule has 4 rings (SSSR count). The van der Waals surface area contributed by atoms with Crippen molar-refractivity contribution in [2.45, 2.75) is 57.0 Å². The summed E-state index contributed by atoms with van der Waals surface area (Å²) in [6, 6.07) is 8.65. The van der Waals surface area contributed by atoms with Gasteiger partial charge >= 0.3 is 0 Å². The minimum absolute atomic E-state index is 0.0831. The van der Waals surface area contributed by atoms with E-state index in [9.17, 15) is 9.59 Å². The van der Waals surface area contributed by atoms with E-state index in [1.54, 1.807) is 4.90 Å². The Hall–Kier alpha value is -2.32. The number of nitrogens with zero attached hydrogens (tertiary/aromatic N) is 3. The number of hydrogen-bond acceptors (Lipinski definition) is 6. The van der Waals surface area contributed by atoms with Gasteiger partial charge in [0.25, 0.3) is 0 Å². The standard InChI is InChI=1S/C21H27N5O2S/c22-17(14-8-3-1-4-9-14)21(28)26-13-7-12-16(26)19(27)23-20-18(24-25-29-20)15-10-5-2-6-11-15/h2,5-6,10-11,14,16-17H,1,3-4,7-9,12-13,22H2,(H,23,27)/t16-,17-/m0/s1. The van der Waals surface area contributed by atoms with Crippen LogP contribution in [0.15, 0.2) is 30.3 Å². The topological polar surface area (TPSA) is 101 Å². The normalized spacial score (nSPS) is 21.1. The number of likely N-dealkylation sites (tertiary alicyclic amines) is 1. The first-order chi connectivity index (χ1) is 14.1. The van der Waals surface area contributed by atoms with Crippen molar-refractivity contribution in [3.63, 3.8) is 0 Å². The molecule has 1 saturated heterocycles. The molecule has 2 aromatic rings. The Labute approximate surface area is 174 Å². The number of nitrogens with two attached hydrogens (primary N) is 1. The van der Waals surface area contributed by atoms with Crippen LogP contribution >= 0.6 is 11.5 Å². The monoisotopic (exact) mass is 413 g/mol. The average Bonchev–Trinajstić information content (AvgIpc) is 3.43. The van der Waals surface area contributed by atoms with Crippen molar-refractivity contribution >= 4 is 28.3 Å². The van der Waals surface area contributed by atoms with E-state index in [1.807, 2.05) is 30.3 Å². The molecule has 2 heterocycles. The van der Waals surface area contributed by atoms with Crippen molar-refractivity contribution in [1.29, 1.82) is 0 Å². The number of amides is 2. The van der Waals surface area contributed by atoms with Crippen molar-refractivity contribution < 1.29 is 9.59 Å². The Kier molecular flexibility index (Phi) is 6.20. The van der Waals surface area contributed by atoms with Crippen molar-refractivity contribution in [2.24, 2.45) is 11.7 Å². The number of benzene rings is 1. The van der Waals surface area contributed by atoms with E-state index in [2.05, 4.69) is 14.9 Å². The minimum Gasteiger partial charge on any atom is -0.329 e. The van der Waals surface area contributed by atoms with Crippen LogP contribution in [0.4, 0.5) is 5.00 Å². The van der Waals surface area contributed by atoms with Crippen LogP contribution in [0.5, 0.6) is 0 Å². The van der Waals surface area contributed by atoms with Crippen molar-refractivity contribution in [3.8, 4) is 11.3 Å². The summed E-state index contributed by atoms with van der Waals surface area (Å²) in [4.78, 5) is 27.8. The van der Waals surface area contributed by atoms with Gasteiger partial charge in [-0.2, -0.15) is 0 Å². The third-order valence-electron chi connectivity index (χ3n) is 6.05. The van der Waals surface area contributed by atoms with Gasteiger partial charge in [-0.05, 0) is 31.6 Å². The molecule has 2 atom stereocenters. The lowest BCUT2D eigenvalue weighted by Crippen LogP contribution is -2.52. The van der Waals surface area contributed by atoms with E-state index in [4.69, 9.17) is 5.73 Å². The molecule has 1 saturated carbocycles. The van der Waals surface area contributed by atoms with Crippen LogP contribution in [0.2, 0.25) is 0 Å². The SMILES string of the molecule is N[C@H](C(=O)N1CCC[C@H]1C(=O)Nc1snnc1-c1ccccc1)C1CCCCC1. The Bertz CT molecular complexity index is 850. The summed E-state index contributed by atoms with van der Waals surface area (Å²) >= 11 is 1.15. The number of rotatable bonds is 5. The van der Waals surface area contributed by atoms with Gasteiger partial charge in [0.2, 0.25) is 11.8 Å². The first kappa shape index (κ1) is 20.0. The van der Waals surface area contributed by atoms with Crippen LogP contribution in [-0.4, -0.2) is 44.9 Å².